The van der Waals surface area contributed by atoms with E-state index >= 15 is 0 Å². The summed E-state index contributed by atoms with van der Waals surface area (Å²) in [5, 5.41) is 0. The van der Waals surface area contributed by atoms with Crippen molar-refractivity contribution in [2.24, 2.45) is 0 Å². The Balaban J connectivity index is 2.53. The Labute approximate surface area is 103 Å². The highest BCUT2D eigenvalue weighted by Crippen LogP contribution is 2.10. The third-order valence-corrected chi connectivity index (χ3v) is 2.37. The number of rotatable bonds is 6. The first-order chi connectivity index (χ1) is 8.36. The van der Waals surface area contributed by atoms with Gasteiger partial charge in [0, 0.05) is 5.57 Å². The minimum Gasteiger partial charge on any atom is -0.298 e. The van der Waals surface area contributed by atoms with Gasteiger partial charge in [0.15, 0.2) is 0 Å². The van der Waals surface area contributed by atoms with E-state index in [-0.39, 0.29) is 0 Å². The fourth-order valence-electron chi connectivity index (χ4n) is 1.47. The Morgan fingerprint density at radius 2 is 2.29 bits per heavy atom. The number of hydrogen-bond donors (Lipinski definition) is 0. The fraction of sp³-hybridized carbons (Fsp3) is 0.188. The third-order valence-electron chi connectivity index (χ3n) is 2.37. The number of allylic oxidation sites excluding steroid dienone is 11. The molecule has 0 spiro atoms. The van der Waals surface area contributed by atoms with Gasteiger partial charge in [-0.3, -0.25) is 4.79 Å². The SMILES string of the molecule is C=CC/C=C(C=O)\C=C/CC1=CC=CCC=C1. The molecule has 0 N–H and O–H groups in total. The molecule has 0 atom stereocenters. The summed E-state index contributed by atoms with van der Waals surface area (Å²) in [6.07, 6.45) is 21.5. The zero-order chi connectivity index (χ0) is 12.3. The van der Waals surface area contributed by atoms with Crippen LogP contribution in [0.2, 0.25) is 0 Å². The lowest BCUT2D eigenvalue weighted by Crippen LogP contribution is -1.80. The Hall–Kier alpha value is -1.89. The molecule has 0 saturated carbocycles. The molecule has 0 aromatic carbocycles. The molecule has 1 aliphatic rings. The summed E-state index contributed by atoms with van der Waals surface area (Å²) < 4.78 is 0. The molecule has 88 valence electrons. The number of carbonyl (C=O) groups excluding carboxylic acids is 1. The van der Waals surface area contributed by atoms with E-state index in [0.717, 1.165) is 25.5 Å². The molecule has 0 bridgehead atoms. The first kappa shape index (κ1) is 13.2. The molecular formula is C16H18O. The zero-order valence-corrected chi connectivity index (χ0v) is 10.0. The molecular weight excluding hydrogens is 208 g/mol. The lowest BCUT2D eigenvalue weighted by atomic mass is 10.1. The van der Waals surface area contributed by atoms with E-state index in [2.05, 4.69) is 37.0 Å². The second kappa shape index (κ2) is 8.28. The van der Waals surface area contributed by atoms with E-state index in [1.165, 1.54) is 5.57 Å². The van der Waals surface area contributed by atoms with Crippen LogP contribution in [0.25, 0.3) is 0 Å². The van der Waals surface area contributed by atoms with Crippen LogP contribution in [0.1, 0.15) is 19.3 Å². The highest BCUT2D eigenvalue weighted by atomic mass is 16.1. The van der Waals surface area contributed by atoms with Crippen molar-refractivity contribution in [3.63, 3.8) is 0 Å². The molecule has 0 aromatic heterocycles. The van der Waals surface area contributed by atoms with Crippen LogP contribution in [0.5, 0.6) is 0 Å². The van der Waals surface area contributed by atoms with E-state index in [0.29, 0.717) is 5.57 Å². The quantitative estimate of drug-likeness (QED) is 0.289. The number of hydrogen-bond acceptors (Lipinski definition) is 1. The van der Waals surface area contributed by atoms with Crippen LogP contribution in [0.4, 0.5) is 0 Å². The smallest absolute Gasteiger partial charge is 0.149 e. The van der Waals surface area contributed by atoms with E-state index in [1.54, 1.807) is 6.08 Å². The van der Waals surface area contributed by atoms with Crippen molar-refractivity contribution < 1.29 is 4.79 Å². The lowest BCUT2D eigenvalue weighted by molar-refractivity contribution is -0.104. The van der Waals surface area contributed by atoms with Crippen LogP contribution < -0.4 is 0 Å². The highest BCUT2D eigenvalue weighted by molar-refractivity contribution is 5.77. The molecule has 0 saturated heterocycles. The molecule has 0 amide bonds. The fourth-order valence-corrected chi connectivity index (χ4v) is 1.47. The molecule has 1 nitrogen and oxygen atoms in total. The average molecular weight is 226 g/mol. The van der Waals surface area contributed by atoms with E-state index < -0.39 is 0 Å². The predicted molar refractivity (Wildman–Crippen MR) is 73.7 cm³/mol. The maximum atomic E-state index is 10.8. The zero-order valence-electron chi connectivity index (χ0n) is 10.0. The minimum absolute atomic E-state index is 0.707. The molecule has 1 rings (SSSR count). The van der Waals surface area contributed by atoms with Crippen molar-refractivity contribution in [3.8, 4) is 0 Å². The summed E-state index contributed by atoms with van der Waals surface area (Å²) >= 11 is 0. The Morgan fingerprint density at radius 3 is 3.06 bits per heavy atom. The molecule has 0 aromatic rings. The van der Waals surface area contributed by atoms with Gasteiger partial charge >= 0.3 is 0 Å². The summed E-state index contributed by atoms with van der Waals surface area (Å²) in [6, 6.07) is 0. The summed E-state index contributed by atoms with van der Waals surface area (Å²) in [4.78, 5) is 10.8. The maximum absolute atomic E-state index is 10.8. The molecule has 0 fully saturated rings. The van der Waals surface area contributed by atoms with Gasteiger partial charge < -0.3 is 0 Å². The monoisotopic (exact) mass is 226 g/mol. The van der Waals surface area contributed by atoms with E-state index in [4.69, 9.17) is 0 Å². The second-order valence-electron chi connectivity index (χ2n) is 3.76. The second-order valence-corrected chi connectivity index (χ2v) is 3.76. The van der Waals surface area contributed by atoms with E-state index in [9.17, 15) is 4.79 Å². The van der Waals surface area contributed by atoms with E-state index in [1.807, 2.05) is 18.2 Å². The molecule has 17 heavy (non-hydrogen) atoms. The van der Waals surface area contributed by atoms with Crippen LogP contribution >= 0.6 is 0 Å². The summed E-state index contributed by atoms with van der Waals surface area (Å²) in [5.74, 6) is 0. The molecule has 0 radical (unpaired) electrons. The molecule has 0 aliphatic heterocycles. The van der Waals surface area contributed by atoms with Crippen molar-refractivity contribution >= 4 is 6.29 Å². The summed E-state index contributed by atoms with van der Waals surface area (Å²) in [6.45, 7) is 3.62. The third kappa shape index (κ3) is 5.67. The van der Waals surface area contributed by atoms with Gasteiger partial charge in [-0.1, -0.05) is 54.7 Å². The Morgan fingerprint density at radius 1 is 1.41 bits per heavy atom. The Bertz CT molecular complexity index is 403. The van der Waals surface area contributed by atoms with Gasteiger partial charge in [0.1, 0.15) is 6.29 Å². The van der Waals surface area contributed by atoms with Gasteiger partial charge in [0.25, 0.3) is 0 Å². The van der Waals surface area contributed by atoms with Crippen LogP contribution in [-0.2, 0) is 4.79 Å². The number of carbonyl (C=O) groups is 1. The maximum Gasteiger partial charge on any atom is 0.149 e. The standard InChI is InChI=1S/C16H18O/c1-2-3-9-16(14-17)13-8-12-15-10-6-4-5-7-11-15/h2,4,6-11,13-14H,1,3,5,12H2/b13-8-,16-9+. The van der Waals surface area contributed by atoms with Crippen molar-refractivity contribution in [2.75, 3.05) is 0 Å². The molecule has 1 heteroatoms. The number of aldehydes is 1. The minimum atomic E-state index is 0.707. The van der Waals surface area contributed by atoms with Gasteiger partial charge in [-0.25, -0.2) is 0 Å². The first-order valence-electron chi connectivity index (χ1n) is 5.82. The molecule has 0 unspecified atom stereocenters. The highest BCUT2D eigenvalue weighted by Gasteiger charge is 1.91. The van der Waals surface area contributed by atoms with Gasteiger partial charge in [-0.05, 0) is 24.8 Å². The van der Waals surface area contributed by atoms with Crippen LogP contribution in [0.3, 0.4) is 0 Å². The van der Waals surface area contributed by atoms with Gasteiger partial charge in [0.2, 0.25) is 0 Å². The summed E-state index contributed by atoms with van der Waals surface area (Å²) in [7, 11) is 0. The molecule has 1 aliphatic carbocycles. The van der Waals surface area contributed by atoms with Crippen molar-refractivity contribution in [3.05, 3.63) is 72.4 Å². The first-order valence-corrected chi connectivity index (χ1v) is 5.82. The van der Waals surface area contributed by atoms with Crippen molar-refractivity contribution in [1.82, 2.24) is 0 Å². The van der Waals surface area contributed by atoms with Gasteiger partial charge in [-0.2, -0.15) is 0 Å². The predicted octanol–water partition coefficient (Wildman–Crippen LogP) is 4.08. The topological polar surface area (TPSA) is 17.1 Å². The summed E-state index contributed by atoms with van der Waals surface area (Å²) in [5.41, 5.74) is 1.96. The van der Waals surface area contributed by atoms with Crippen molar-refractivity contribution in [2.45, 2.75) is 19.3 Å². The normalized spacial score (nSPS) is 15.8. The lowest BCUT2D eigenvalue weighted by Gasteiger charge is -1.95. The van der Waals surface area contributed by atoms with Crippen molar-refractivity contribution in [1.29, 1.82) is 0 Å². The van der Waals surface area contributed by atoms with Gasteiger partial charge in [0.05, 0.1) is 0 Å². The van der Waals surface area contributed by atoms with Crippen LogP contribution in [-0.4, -0.2) is 6.29 Å². The van der Waals surface area contributed by atoms with Gasteiger partial charge in [-0.15, -0.1) is 6.58 Å². The largest absolute Gasteiger partial charge is 0.298 e. The van der Waals surface area contributed by atoms with Crippen LogP contribution in [0.15, 0.2) is 72.4 Å². The molecule has 0 heterocycles. The Kier molecular flexibility index (Phi) is 6.42. The average Bonchev–Trinajstić information content (AvgIpc) is 2.62. The van der Waals surface area contributed by atoms with Crippen LogP contribution in [0, 0.1) is 0 Å².